The van der Waals surface area contributed by atoms with Crippen LogP contribution >= 0.6 is 15.9 Å². The summed E-state index contributed by atoms with van der Waals surface area (Å²) in [6.45, 7) is 2.05. The molecule has 0 aromatic heterocycles. The minimum Gasteiger partial charge on any atom is -0.426 e. The Labute approximate surface area is 262 Å². The second-order valence-corrected chi connectivity index (χ2v) is 12.9. The van der Waals surface area contributed by atoms with Gasteiger partial charge in [-0.15, -0.1) is 0 Å². The summed E-state index contributed by atoms with van der Waals surface area (Å²) in [5.41, 5.74) is 6.39. The highest BCUT2D eigenvalue weighted by atomic mass is 79.9. The summed E-state index contributed by atoms with van der Waals surface area (Å²) in [6, 6.07) is 28.7. The zero-order chi connectivity index (χ0) is 30.3. The second-order valence-electron chi connectivity index (χ2n) is 12.0. The van der Waals surface area contributed by atoms with Crippen LogP contribution in [0.5, 0.6) is 5.75 Å². The van der Waals surface area contributed by atoms with E-state index in [4.69, 9.17) is 4.74 Å². The standard InChI is InChI=1S/C36H27BrN2O5/c1-19-16-23(44-36(43)20-17-29(40)38(18-20)22-12-10-21(37)11-13-22)14-15-28(19)39-34(41)32-30-24-6-2-3-7-25(24)31(33(32)35(39)42)27-9-5-4-8-26(27)30/h2-16,20,30-33H,17-18H2,1H3/t20-,30?,31?,32-,33-/m1/s1. The number of amides is 3. The predicted octanol–water partition coefficient (Wildman–Crippen LogP) is 6.11. The Kier molecular flexibility index (Phi) is 6.14. The third-order valence-corrected chi connectivity index (χ3v) is 10.2. The second kappa shape index (κ2) is 9.99. The molecular formula is C36H27BrN2O5. The summed E-state index contributed by atoms with van der Waals surface area (Å²) in [5.74, 6) is -2.59. The number of rotatable bonds is 4. The van der Waals surface area contributed by atoms with E-state index in [1.54, 1.807) is 23.1 Å². The molecule has 3 amide bonds. The zero-order valence-electron chi connectivity index (χ0n) is 23.8. The number of esters is 1. The number of anilines is 2. The third-order valence-electron chi connectivity index (χ3n) is 9.67. The fourth-order valence-electron chi connectivity index (χ4n) is 7.79. The molecule has 4 aromatic carbocycles. The fourth-order valence-corrected chi connectivity index (χ4v) is 8.06. The van der Waals surface area contributed by atoms with Crippen LogP contribution < -0.4 is 14.5 Å². The van der Waals surface area contributed by atoms with E-state index in [9.17, 15) is 19.2 Å². The predicted molar refractivity (Wildman–Crippen MR) is 167 cm³/mol. The van der Waals surface area contributed by atoms with Gasteiger partial charge in [0.25, 0.3) is 0 Å². The molecule has 2 fully saturated rings. The van der Waals surface area contributed by atoms with Crippen molar-refractivity contribution in [3.8, 4) is 5.75 Å². The Morgan fingerprint density at radius 2 is 1.32 bits per heavy atom. The van der Waals surface area contributed by atoms with Gasteiger partial charge in [0.1, 0.15) is 5.75 Å². The maximum absolute atomic E-state index is 14.1. The fraction of sp³-hybridized carbons (Fsp3) is 0.222. The van der Waals surface area contributed by atoms with E-state index in [2.05, 4.69) is 40.2 Å². The van der Waals surface area contributed by atoms with E-state index in [0.29, 0.717) is 17.0 Å². The normalized spacial score (nSPS) is 24.8. The molecule has 0 N–H and O–H groups in total. The van der Waals surface area contributed by atoms with E-state index in [1.807, 2.05) is 55.5 Å². The van der Waals surface area contributed by atoms with Gasteiger partial charge < -0.3 is 9.64 Å². The van der Waals surface area contributed by atoms with E-state index in [0.717, 1.165) is 32.4 Å². The van der Waals surface area contributed by atoms with Gasteiger partial charge in [0, 0.05) is 35.0 Å². The minimum atomic E-state index is -0.602. The third kappa shape index (κ3) is 3.93. The first-order chi connectivity index (χ1) is 21.3. The zero-order valence-corrected chi connectivity index (χ0v) is 25.4. The van der Waals surface area contributed by atoms with Crippen molar-refractivity contribution >= 4 is 51.0 Å². The Balaban J connectivity index is 1.04. The molecule has 5 aliphatic rings. The lowest BCUT2D eigenvalue weighted by Gasteiger charge is -2.45. The summed E-state index contributed by atoms with van der Waals surface area (Å²) in [6.07, 6.45) is 0.0681. The van der Waals surface area contributed by atoms with Crippen LogP contribution in [0.25, 0.3) is 0 Å². The topological polar surface area (TPSA) is 84.0 Å². The van der Waals surface area contributed by atoms with Crippen LogP contribution in [0.2, 0.25) is 0 Å². The number of nitrogens with zero attached hydrogens (tertiary/aromatic N) is 2. The molecule has 0 spiro atoms. The lowest BCUT2D eigenvalue weighted by molar-refractivity contribution is -0.139. The molecule has 0 radical (unpaired) electrons. The first-order valence-corrected chi connectivity index (χ1v) is 15.5. The molecule has 8 heteroatoms. The largest absolute Gasteiger partial charge is 0.426 e. The summed E-state index contributed by atoms with van der Waals surface area (Å²) < 4.78 is 6.62. The van der Waals surface area contributed by atoms with E-state index >= 15 is 0 Å². The summed E-state index contributed by atoms with van der Waals surface area (Å²) in [5, 5.41) is 0. The van der Waals surface area contributed by atoms with Crippen molar-refractivity contribution in [3.05, 3.63) is 123 Å². The minimum absolute atomic E-state index is 0.0681. The smallest absolute Gasteiger partial charge is 0.316 e. The molecule has 0 saturated carbocycles. The highest BCUT2D eigenvalue weighted by molar-refractivity contribution is 9.10. The molecule has 2 heterocycles. The van der Waals surface area contributed by atoms with Crippen LogP contribution in [-0.4, -0.2) is 30.2 Å². The average molecular weight is 648 g/mol. The highest BCUT2D eigenvalue weighted by Crippen LogP contribution is 2.61. The molecule has 44 heavy (non-hydrogen) atoms. The number of ether oxygens (including phenoxy) is 1. The van der Waals surface area contributed by atoms with Gasteiger partial charge in [-0.1, -0.05) is 64.5 Å². The van der Waals surface area contributed by atoms with E-state index in [1.165, 1.54) is 4.90 Å². The van der Waals surface area contributed by atoms with Gasteiger partial charge >= 0.3 is 5.97 Å². The van der Waals surface area contributed by atoms with Crippen molar-refractivity contribution in [2.45, 2.75) is 25.2 Å². The Morgan fingerprint density at radius 1 is 0.773 bits per heavy atom. The maximum Gasteiger partial charge on any atom is 0.316 e. The van der Waals surface area contributed by atoms with Gasteiger partial charge in [0.05, 0.1) is 23.4 Å². The lowest BCUT2D eigenvalue weighted by atomic mass is 9.55. The van der Waals surface area contributed by atoms with Crippen molar-refractivity contribution < 1.29 is 23.9 Å². The number of halogens is 1. The van der Waals surface area contributed by atoms with Gasteiger partial charge in [0.2, 0.25) is 17.7 Å². The van der Waals surface area contributed by atoms with Crippen LogP contribution in [0.15, 0.2) is 95.5 Å². The molecule has 2 saturated heterocycles. The number of carbonyl (C=O) groups is 4. The molecule has 3 atom stereocenters. The maximum atomic E-state index is 14.1. The molecule has 3 aliphatic carbocycles. The van der Waals surface area contributed by atoms with Gasteiger partial charge in [-0.05, 0) is 77.2 Å². The Morgan fingerprint density at radius 3 is 1.84 bits per heavy atom. The van der Waals surface area contributed by atoms with E-state index < -0.39 is 23.7 Å². The molecule has 0 unspecified atom stereocenters. The summed E-state index contributed by atoms with van der Waals surface area (Å²) in [4.78, 5) is 57.0. The molecule has 2 aliphatic heterocycles. The van der Waals surface area contributed by atoms with Gasteiger partial charge in [-0.3, -0.25) is 19.2 Å². The first kappa shape index (κ1) is 27.0. The quantitative estimate of drug-likeness (QED) is 0.152. The van der Waals surface area contributed by atoms with Crippen LogP contribution in [0, 0.1) is 24.7 Å². The van der Waals surface area contributed by atoms with E-state index in [-0.39, 0.29) is 42.5 Å². The highest BCUT2D eigenvalue weighted by Gasteiger charge is 2.61. The molecule has 2 bridgehead atoms. The van der Waals surface area contributed by atoms with Crippen LogP contribution in [0.4, 0.5) is 11.4 Å². The molecular weight excluding hydrogens is 620 g/mol. The monoisotopic (exact) mass is 646 g/mol. The van der Waals surface area contributed by atoms with Crippen molar-refractivity contribution in [2.75, 3.05) is 16.3 Å². The van der Waals surface area contributed by atoms with Crippen molar-refractivity contribution in [3.63, 3.8) is 0 Å². The van der Waals surface area contributed by atoms with Crippen molar-refractivity contribution in [1.82, 2.24) is 0 Å². The van der Waals surface area contributed by atoms with Crippen LogP contribution in [0.1, 0.15) is 46.1 Å². The number of hydrogen-bond donors (Lipinski definition) is 0. The first-order valence-electron chi connectivity index (χ1n) is 14.8. The van der Waals surface area contributed by atoms with Crippen molar-refractivity contribution in [1.29, 1.82) is 0 Å². The van der Waals surface area contributed by atoms with Crippen LogP contribution in [-0.2, 0) is 19.2 Å². The van der Waals surface area contributed by atoms with Crippen molar-refractivity contribution in [2.24, 2.45) is 17.8 Å². The molecule has 9 rings (SSSR count). The molecule has 218 valence electrons. The van der Waals surface area contributed by atoms with Gasteiger partial charge in [0.15, 0.2) is 0 Å². The SMILES string of the molecule is Cc1cc(OC(=O)[C@@H]2CC(=O)N(c3ccc(Br)cc3)C2)ccc1N1C(=O)[C@@H]2C3c4ccccc4C(c4ccccc43)[C@H]2C1=O. The molecule has 4 aromatic rings. The van der Waals surface area contributed by atoms with Gasteiger partial charge in [-0.25, -0.2) is 4.90 Å². The number of hydrogen-bond acceptors (Lipinski definition) is 5. The summed E-state index contributed by atoms with van der Waals surface area (Å²) in [7, 11) is 0. The molecule has 7 nitrogen and oxygen atoms in total. The number of carbonyl (C=O) groups excluding carboxylic acids is 4. The Hall–Kier alpha value is -4.56. The lowest BCUT2D eigenvalue weighted by Crippen LogP contribution is -2.41. The average Bonchev–Trinajstić information content (AvgIpc) is 3.55. The summed E-state index contributed by atoms with van der Waals surface area (Å²) >= 11 is 3.40. The number of imide groups is 1. The van der Waals surface area contributed by atoms with Gasteiger partial charge in [-0.2, -0.15) is 0 Å². The number of benzene rings is 4. The van der Waals surface area contributed by atoms with Crippen LogP contribution in [0.3, 0.4) is 0 Å². The Bertz CT molecular complexity index is 1790. The number of aryl methyl sites for hydroxylation is 1.